The van der Waals surface area contributed by atoms with Crippen molar-refractivity contribution in [1.29, 1.82) is 0 Å². The van der Waals surface area contributed by atoms with Crippen LogP contribution in [0.5, 0.6) is 0 Å². The van der Waals surface area contributed by atoms with Crippen LogP contribution in [0, 0.1) is 25.5 Å². The number of benzene rings is 1. The highest BCUT2D eigenvalue weighted by Gasteiger charge is 2.32. The Morgan fingerprint density at radius 3 is 2.31 bits per heavy atom. The number of aromatic nitrogens is 6. The van der Waals surface area contributed by atoms with E-state index in [9.17, 15) is 17.2 Å². The summed E-state index contributed by atoms with van der Waals surface area (Å²) in [5, 5.41) is 6.97. The Morgan fingerprint density at radius 2 is 1.69 bits per heavy atom. The summed E-state index contributed by atoms with van der Waals surface area (Å²) in [5.74, 6) is -2.71. The lowest BCUT2D eigenvalue weighted by molar-refractivity contribution is 0.566. The number of nitrogens with one attached hydrogen (secondary N) is 1. The van der Waals surface area contributed by atoms with E-state index in [4.69, 9.17) is 0 Å². The van der Waals surface area contributed by atoms with Crippen LogP contribution in [-0.4, -0.2) is 43.4 Å². The van der Waals surface area contributed by atoms with Crippen molar-refractivity contribution in [3.05, 3.63) is 77.6 Å². The summed E-state index contributed by atoms with van der Waals surface area (Å²) in [6.07, 6.45) is 6.13. The van der Waals surface area contributed by atoms with E-state index in [1.807, 2.05) is 0 Å². The summed E-state index contributed by atoms with van der Waals surface area (Å²) in [6.45, 7) is 6.78. The normalized spacial score (nSPS) is 13.4. The molecule has 9 nitrogen and oxygen atoms in total. The van der Waals surface area contributed by atoms with Crippen molar-refractivity contribution in [2.45, 2.75) is 38.9 Å². The van der Waals surface area contributed by atoms with Crippen LogP contribution >= 0.6 is 0 Å². The second kappa shape index (κ2) is 9.45. The lowest BCUT2D eigenvalue weighted by Crippen LogP contribution is -2.31. The fourth-order valence-corrected chi connectivity index (χ4v) is 4.75. The Hall–Kier alpha value is -3.80. The molecule has 12 heteroatoms. The highest BCUT2D eigenvalue weighted by Crippen LogP contribution is 2.30. The van der Waals surface area contributed by atoms with Crippen molar-refractivity contribution >= 4 is 16.0 Å². The van der Waals surface area contributed by atoms with Gasteiger partial charge in [0.2, 0.25) is 16.0 Å². The number of nitrogens with zero attached hydrogens (tertiary/aromatic N) is 6. The van der Waals surface area contributed by atoms with Crippen LogP contribution in [-0.2, 0) is 10.0 Å². The third kappa shape index (κ3) is 4.87. The number of anilines is 1. The molecule has 4 aromatic rings. The van der Waals surface area contributed by atoms with Crippen molar-refractivity contribution in [3.63, 3.8) is 0 Å². The Labute approximate surface area is 201 Å². The summed E-state index contributed by atoms with van der Waals surface area (Å²) >= 11 is 0. The van der Waals surface area contributed by atoms with Crippen molar-refractivity contribution in [2.24, 2.45) is 0 Å². The number of aryl methyl sites for hydroxylation is 2. The van der Waals surface area contributed by atoms with Gasteiger partial charge in [-0.05, 0) is 44.5 Å². The SMILES string of the molecule is Cc1cncc(-c2nnc(NS(=O)(=O)C(C)C(C)c3cnc(C)cn3)n2-c2c(F)cccc2F)c1. The predicted molar refractivity (Wildman–Crippen MR) is 126 cm³/mol. The average molecular weight is 500 g/mol. The molecule has 0 amide bonds. The summed E-state index contributed by atoms with van der Waals surface area (Å²) < 4.78 is 59.6. The zero-order chi connectivity index (χ0) is 25.3. The van der Waals surface area contributed by atoms with E-state index >= 15 is 0 Å². The number of pyridine rings is 1. The highest BCUT2D eigenvalue weighted by atomic mass is 32.2. The summed E-state index contributed by atoms with van der Waals surface area (Å²) in [4.78, 5) is 12.5. The molecule has 0 spiro atoms. The van der Waals surface area contributed by atoms with Gasteiger partial charge in [0.05, 0.1) is 16.6 Å². The van der Waals surface area contributed by atoms with E-state index < -0.39 is 38.5 Å². The van der Waals surface area contributed by atoms with Gasteiger partial charge in [-0.15, -0.1) is 10.2 Å². The molecule has 0 radical (unpaired) electrons. The molecule has 1 aromatic carbocycles. The maximum atomic E-state index is 14.8. The second-order valence-electron chi connectivity index (χ2n) is 8.23. The molecule has 0 bridgehead atoms. The van der Waals surface area contributed by atoms with E-state index in [1.54, 1.807) is 39.2 Å². The van der Waals surface area contributed by atoms with Gasteiger partial charge in [0, 0.05) is 36.3 Å². The standard InChI is InChI=1S/C23H23F2N7O2S/c1-13-8-17(11-26-9-13)22-29-30-23(32(22)21-18(24)6-5-7-19(21)25)31-35(33,34)16(4)15(3)20-12-27-14(2)10-28-20/h5-12,15-16H,1-4H3,(H,30,31). The summed E-state index contributed by atoms with van der Waals surface area (Å²) in [7, 11) is -4.11. The van der Waals surface area contributed by atoms with Crippen LogP contribution in [0.25, 0.3) is 17.1 Å². The number of hydrogen-bond acceptors (Lipinski definition) is 7. The van der Waals surface area contributed by atoms with Crippen LogP contribution in [0.2, 0.25) is 0 Å². The molecule has 0 fully saturated rings. The molecular formula is C23H23F2N7O2S. The smallest absolute Gasteiger partial charge is 0.243 e. The van der Waals surface area contributed by atoms with Crippen molar-refractivity contribution in [2.75, 3.05) is 4.72 Å². The molecule has 182 valence electrons. The van der Waals surface area contributed by atoms with Gasteiger partial charge in [-0.1, -0.05) is 13.0 Å². The first-order chi connectivity index (χ1) is 16.6. The topological polar surface area (TPSA) is 116 Å². The quantitative estimate of drug-likeness (QED) is 0.409. The average Bonchev–Trinajstić information content (AvgIpc) is 3.21. The number of halogens is 2. The van der Waals surface area contributed by atoms with Crippen molar-refractivity contribution in [3.8, 4) is 17.1 Å². The van der Waals surface area contributed by atoms with E-state index in [2.05, 4.69) is 29.9 Å². The number of sulfonamides is 1. The van der Waals surface area contributed by atoms with Crippen molar-refractivity contribution < 1.29 is 17.2 Å². The van der Waals surface area contributed by atoms with E-state index in [0.29, 0.717) is 17.0 Å². The molecule has 2 atom stereocenters. The second-order valence-corrected chi connectivity index (χ2v) is 10.3. The van der Waals surface area contributed by atoms with Gasteiger partial charge in [0.25, 0.3) is 0 Å². The maximum Gasteiger partial charge on any atom is 0.243 e. The molecule has 3 aromatic heterocycles. The number of para-hydroxylation sites is 1. The fraction of sp³-hybridized carbons (Fsp3) is 0.261. The third-order valence-corrected chi connectivity index (χ3v) is 7.51. The molecule has 0 saturated carbocycles. The summed E-state index contributed by atoms with van der Waals surface area (Å²) in [5.41, 5.74) is 1.85. The Balaban J connectivity index is 1.79. The van der Waals surface area contributed by atoms with Gasteiger partial charge in [-0.25, -0.2) is 17.2 Å². The number of rotatable bonds is 7. The van der Waals surface area contributed by atoms with E-state index in [0.717, 1.165) is 22.3 Å². The molecule has 0 saturated heterocycles. The van der Waals surface area contributed by atoms with Crippen molar-refractivity contribution in [1.82, 2.24) is 29.7 Å². The first kappa shape index (κ1) is 24.3. The van der Waals surface area contributed by atoms with Crippen LogP contribution in [0.1, 0.15) is 36.7 Å². The summed E-state index contributed by atoms with van der Waals surface area (Å²) in [6, 6.07) is 5.04. The third-order valence-electron chi connectivity index (χ3n) is 5.65. The zero-order valence-electron chi connectivity index (χ0n) is 19.4. The van der Waals surface area contributed by atoms with Gasteiger partial charge in [-0.2, -0.15) is 0 Å². The minimum Gasteiger partial charge on any atom is -0.264 e. The lowest BCUT2D eigenvalue weighted by atomic mass is 10.1. The monoisotopic (exact) mass is 499 g/mol. The van der Waals surface area contributed by atoms with Gasteiger partial charge in [0.15, 0.2) is 5.82 Å². The molecule has 0 aliphatic rings. The van der Waals surface area contributed by atoms with Gasteiger partial charge in [0.1, 0.15) is 17.3 Å². The first-order valence-corrected chi connectivity index (χ1v) is 12.2. The lowest BCUT2D eigenvalue weighted by Gasteiger charge is -2.21. The number of hydrogen-bond donors (Lipinski definition) is 1. The Morgan fingerprint density at radius 1 is 0.971 bits per heavy atom. The molecule has 0 aliphatic carbocycles. The van der Waals surface area contributed by atoms with Crippen LogP contribution < -0.4 is 4.72 Å². The van der Waals surface area contributed by atoms with Gasteiger partial charge >= 0.3 is 0 Å². The van der Waals surface area contributed by atoms with Gasteiger partial charge in [-0.3, -0.25) is 24.2 Å². The zero-order valence-corrected chi connectivity index (χ0v) is 20.3. The molecule has 35 heavy (non-hydrogen) atoms. The molecular weight excluding hydrogens is 476 g/mol. The van der Waals surface area contributed by atoms with Crippen LogP contribution in [0.3, 0.4) is 0 Å². The minimum atomic E-state index is -4.11. The first-order valence-electron chi connectivity index (χ1n) is 10.7. The van der Waals surface area contributed by atoms with E-state index in [1.165, 1.54) is 25.4 Å². The molecule has 2 unspecified atom stereocenters. The predicted octanol–water partition coefficient (Wildman–Crippen LogP) is 3.95. The maximum absolute atomic E-state index is 14.8. The molecule has 0 aliphatic heterocycles. The van der Waals surface area contributed by atoms with Crippen LogP contribution in [0.15, 0.2) is 49.1 Å². The fourth-order valence-electron chi connectivity index (χ4n) is 3.50. The van der Waals surface area contributed by atoms with Crippen LogP contribution in [0.4, 0.5) is 14.7 Å². The minimum absolute atomic E-state index is 0.0213. The Kier molecular flexibility index (Phi) is 6.57. The van der Waals surface area contributed by atoms with Gasteiger partial charge < -0.3 is 0 Å². The molecule has 4 rings (SSSR count). The Bertz CT molecular complexity index is 1450. The largest absolute Gasteiger partial charge is 0.264 e. The molecule has 3 heterocycles. The molecule has 1 N–H and O–H groups in total. The highest BCUT2D eigenvalue weighted by molar-refractivity contribution is 7.93. The van der Waals surface area contributed by atoms with E-state index in [-0.39, 0.29) is 11.8 Å².